The Kier molecular flexibility index (Phi) is 3.72. The molecule has 0 unspecified atom stereocenters. The molecule has 1 N–H and O–H groups in total. The molecule has 1 aliphatic carbocycles. The number of rotatable bonds is 4. The van der Waals surface area contributed by atoms with E-state index in [2.05, 4.69) is 5.32 Å². The van der Waals surface area contributed by atoms with Crippen LogP contribution in [0.3, 0.4) is 0 Å². The van der Waals surface area contributed by atoms with E-state index in [4.69, 9.17) is 0 Å². The molecule has 1 rings (SSSR count). The summed E-state index contributed by atoms with van der Waals surface area (Å²) in [6.07, 6.45) is 5.85. The molecule has 0 aromatic heterocycles. The van der Waals surface area contributed by atoms with E-state index in [-0.39, 0.29) is 11.8 Å². The van der Waals surface area contributed by atoms with Crippen molar-refractivity contribution >= 4 is 5.97 Å². The minimum atomic E-state index is -0.905. The Hall–Kier alpha value is -0.570. The van der Waals surface area contributed by atoms with Gasteiger partial charge in [0, 0.05) is 12.5 Å². The van der Waals surface area contributed by atoms with Gasteiger partial charge in [-0.15, -0.1) is 0 Å². The Bertz CT molecular complexity index is 168. The molecule has 0 heterocycles. The van der Waals surface area contributed by atoms with E-state index in [9.17, 15) is 9.90 Å². The Morgan fingerprint density at radius 2 is 2.00 bits per heavy atom. The molecule has 0 aromatic carbocycles. The first-order chi connectivity index (χ1) is 6.18. The maximum Gasteiger partial charge on any atom is 0.0420 e. The molecule has 0 spiro atoms. The highest BCUT2D eigenvalue weighted by atomic mass is 16.4. The quantitative estimate of drug-likeness (QED) is 0.683. The lowest BCUT2D eigenvalue weighted by molar-refractivity contribution is -0.308. The van der Waals surface area contributed by atoms with Crippen molar-refractivity contribution < 1.29 is 9.90 Å². The number of carbonyl (C=O) groups is 1. The lowest BCUT2D eigenvalue weighted by atomic mass is 9.72. The highest BCUT2D eigenvalue weighted by molar-refractivity contribution is 5.65. The Labute approximate surface area is 79.5 Å². The highest BCUT2D eigenvalue weighted by Crippen LogP contribution is 2.38. The van der Waals surface area contributed by atoms with Crippen LogP contribution in [0.25, 0.3) is 0 Å². The third-order valence-electron chi connectivity index (χ3n) is 2.99. The van der Waals surface area contributed by atoms with Gasteiger partial charge in [0.2, 0.25) is 0 Å². The Morgan fingerprint density at radius 1 is 1.38 bits per heavy atom. The van der Waals surface area contributed by atoms with Crippen LogP contribution in [-0.2, 0) is 4.79 Å². The van der Waals surface area contributed by atoms with E-state index >= 15 is 0 Å². The van der Waals surface area contributed by atoms with Crippen LogP contribution >= 0.6 is 0 Å². The van der Waals surface area contributed by atoms with E-state index in [0.717, 1.165) is 32.2 Å². The predicted molar refractivity (Wildman–Crippen MR) is 49.1 cm³/mol. The molecule has 0 amide bonds. The SMILES string of the molecule is CNCC1(CC(=O)[O-])CCCCC1. The largest absolute Gasteiger partial charge is 0.550 e. The van der Waals surface area contributed by atoms with Crippen molar-refractivity contribution in [1.82, 2.24) is 5.32 Å². The van der Waals surface area contributed by atoms with Gasteiger partial charge in [-0.2, -0.15) is 0 Å². The monoisotopic (exact) mass is 184 g/mol. The minimum Gasteiger partial charge on any atom is -0.550 e. The number of carboxylic acid groups (broad SMARTS) is 1. The third-order valence-corrected chi connectivity index (χ3v) is 2.99. The van der Waals surface area contributed by atoms with E-state index in [1.807, 2.05) is 7.05 Å². The van der Waals surface area contributed by atoms with Crippen molar-refractivity contribution in [2.45, 2.75) is 38.5 Å². The summed E-state index contributed by atoms with van der Waals surface area (Å²) >= 11 is 0. The van der Waals surface area contributed by atoms with Gasteiger partial charge in [0.05, 0.1) is 0 Å². The second kappa shape index (κ2) is 4.61. The average Bonchev–Trinajstić information content (AvgIpc) is 2.04. The summed E-state index contributed by atoms with van der Waals surface area (Å²) in [5.74, 6) is -0.905. The zero-order valence-electron chi connectivity index (χ0n) is 8.27. The number of hydrogen-bond donors (Lipinski definition) is 1. The van der Waals surface area contributed by atoms with Crippen LogP contribution in [0.15, 0.2) is 0 Å². The van der Waals surface area contributed by atoms with Gasteiger partial charge in [-0.05, 0) is 31.7 Å². The topological polar surface area (TPSA) is 52.2 Å². The molecule has 3 heteroatoms. The van der Waals surface area contributed by atoms with E-state index in [1.165, 1.54) is 6.42 Å². The second-order valence-corrected chi connectivity index (χ2v) is 4.14. The molecule has 0 aromatic rings. The zero-order chi connectivity index (χ0) is 9.73. The van der Waals surface area contributed by atoms with Crippen LogP contribution in [-0.4, -0.2) is 19.6 Å². The fourth-order valence-electron chi connectivity index (χ4n) is 2.40. The van der Waals surface area contributed by atoms with Crippen molar-refractivity contribution in [3.63, 3.8) is 0 Å². The number of hydrogen-bond acceptors (Lipinski definition) is 3. The van der Waals surface area contributed by atoms with Gasteiger partial charge in [-0.1, -0.05) is 19.3 Å². The van der Waals surface area contributed by atoms with Gasteiger partial charge in [-0.3, -0.25) is 0 Å². The maximum absolute atomic E-state index is 10.6. The second-order valence-electron chi connectivity index (χ2n) is 4.14. The molecule has 0 saturated heterocycles. The van der Waals surface area contributed by atoms with Crippen LogP contribution in [0.1, 0.15) is 38.5 Å². The molecular weight excluding hydrogens is 166 g/mol. The van der Waals surface area contributed by atoms with Crippen molar-refractivity contribution in [2.24, 2.45) is 5.41 Å². The van der Waals surface area contributed by atoms with Crippen LogP contribution in [0, 0.1) is 5.41 Å². The molecule has 1 saturated carbocycles. The molecule has 13 heavy (non-hydrogen) atoms. The van der Waals surface area contributed by atoms with Crippen LogP contribution < -0.4 is 10.4 Å². The first-order valence-corrected chi connectivity index (χ1v) is 5.03. The summed E-state index contributed by atoms with van der Waals surface area (Å²) < 4.78 is 0. The summed E-state index contributed by atoms with van der Waals surface area (Å²) in [5.41, 5.74) is -0.0220. The molecular formula is C10H18NO2-. The van der Waals surface area contributed by atoms with E-state index in [1.54, 1.807) is 0 Å². The number of carbonyl (C=O) groups excluding carboxylic acids is 1. The van der Waals surface area contributed by atoms with Gasteiger partial charge in [0.15, 0.2) is 0 Å². The fraction of sp³-hybridized carbons (Fsp3) is 0.900. The minimum absolute atomic E-state index is 0.0220. The lowest BCUT2D eigenvalue weighted by Gasteiger charge is -2.37. The molecule has 0 aliphatic heterocycles. The van der Waals surface area contributed by atoms with Gasteiger partial charge < -0.3 is 15.2 Å². The molecule has 3 nitrogen and oxygen atoms in total. The maximum atomic E-state index is 10.6. The molecule has 76 valence electrons. The summed E-state index contributed by atoms with van der Waals surface area (Å²) in [4.78, 5) is 10.6. The summed E-state index contributed by atoms with van der Waals surface area (Å²) in [5, 5.41) is 13.7. The summed E-state index contributed by atoms with van der Waals surface area (Å²) in [6.45, 7) is 0.807. The number of carboxylic acids is 1. The lowest BCUT2D eigenvalue weighted by Crippen LogP contribution is -2.40. The van der Waals surface area contributed by atoms with Gasteiger partial charge in [0.25, 0.3) is 0 Å². The van der Waals surface area contributed by atoms with Crippen LogP contribution in [0.4, 0.5) is 0 Å². The number of aliphatic carboxylic acids is 1. The Balaban J connectivity index is 2.55. The van der Waals surface area contributed by atoms with Gasteiger partial charge in [-0.25, -0.2) is 0 Å². The molecule has 0 bridgehead atoms. The van der Waals surface area contributed by atoms with Gasteiger partial charge in [0.1, 0.15) is 0 Å². The average molecular weight is 184 g/mol. The zero-order valence-corrected chi connectivity index (χ0v) is 8.27. The molecule has 0 radical (unpaired) electrons. The smallest absolute Gasteiger partial charge is 0.0420 e. The predicted octanol–water partition coefficient (Wildman–Crippen LogP) is 0.296. The number of nitrogens with one attached hydrogen (secondary N) is 1. The van der Waals surface area contributed by atoms with Crippen molar-refractivity contribution in [3.8, 4) is 0 Å². The van der Waals surface area contributed by atoms with E-state index < -0.39 is 5.97 Å². The third kappa shape index (κ3) is 2.99. The molecule has 1 fully saturated rings. The van der Waals surface area contributed by atoms with Crippen molar-refractivity contribution in [3.05, 3.63) is 0 Å². The highest BCUT2D eigenvalue weighted by Gasteiger charge is 2.31. The summed E-state index contributed by atoms with van der Waals surface area (Å²) in [6, 6.07) is 0. The summed E-state index contributed by atoms with van der Waals surface area (Å²) in [7, 11) is 1.88. The Morgan fingerprint density at radius 3 is 2.46 bits per heavy atom. The molecule has 1 aliphatic rings. The first kappa shape index (κ1) is 10.5. The standard InChI is InChI=1S/C10H19NO2/c1-11-8-10(7-9(12)13)5-3-2-4-6-10/h11H,2-8H2,1H3,(H,12,13)/p-1. The first-order valence-electron chi connectivity index (χ1n) is 5.03. The van der Waals surface area contributed by atoms with E-state index in [0.29, 0.717) is 0 Å². The normalized spacial score (nSPS) is 21.3. The van der Waals surface area contributed by atoms with Crippen LogP contribution in [0.5, 0.6) is 0 Å². The van der Waals surface area contributed by atoms with Crippen molar-refractivity contribution in [2.75, 3.05) is 13.6 Å². The van der Waals surface area contributed by atoms with Gasteiger partial charge >= 0.3 is 0 Å². The van der Waals surface area contributed by atoms with Crippen molar-refractivity contribution in [1.29, 1.82) is 0 Å². The van der Waals surface area contributed by atoms with Crippen LogP contribution in [0.2, 0.25) is 0 Å². The fourth-order valence-corrected chi connectivity index (χ4v) is 2.40. The molecule has 0 atom stereocenters.